The highest BCUT2D eigenvalue weighted by molar-refractivity contribution is 5.93. The number of rotatable bonds is 1. The number of amides is 2. The third-order valence-corrected chi connectivity index (χ3v) is 2.52. The number of urea groups is 1. The van der Waals surface area contributed by atoms with E-state index in [4.69, 9.17) is 0 Å². The molecule has 5 heteroatoms. The van der Waals surface area contributed by atoms with Gasteiger partial charge in [-0.25, -0.2) is 4.79 Å². The van der Waals surface area contributed by atoms with E-state index in [1.807, 2.05) is 6.92 Å². The Hall–Kier alpha value is -1.91. The summed E-state index contributed by atoms with van der Waals surface area (Å²) in [5.74, 6) is -0.327. The van der Waals surface area contributed by atoms with Gasteiger partial charge in [-0.3, -0.25) is 0 Å². The van der Waals surface area contributed by atoms with Crippen molar-refractivity contribution in [1.82, 2.24) is 4.90 Å². The van der Waals surface area contributed by atoms with Crippen molar-refractivity contribution in [3.05, 3.63) is 17.7 Å². The number of nitrogens with zero attached hydrogens (tertiary/aromatic N) is 1. The summed E-state index contributed by atoms with van der Waals surface area (Å²) >= 11 is 0. The minimum atomic E-state index is -0.185. The molecule has 0 spiro atoms. The summed E-state index contributed by atoms with van der Waals surface area (Å²) in [6.45, 7) is 2.72. The fourth-order valence-electron chi connectivity index (χ4n) is 1.61. The number of fused-ring (bicyclic) bond motifs is 1. The van der Waals surface area contributed by atoms with E-state index in [1.165, 1.54) is 6.07 Å². The van der Waals surface area contributed by atoms with Crippen LogP contribution in [-0.2, 0) is 6.54 Å². The van der Waals surface area contributed by atoms with Crippen LogP contribution in [0, 0.1) is 0 Å². The highest BCUT2D eigenvalue weighted by Crippen LogP contribution is 2.37. The predicted molar refractivity (Wildman–Crippen MR) is 54.9 cm³/mol. The van der Waals surface area contributed by atoms with E-state index in [0.717, 1.165) is 0 Å². The molecule has 3 N–H and O–H groups in total. The van der Waals surface area contributed by atoms with Crippen LogP contribution in [0.3, 0.4) is 0 Å². The minimum absolute atomic E-state index is 0.161. The molecule has 0 fully saturated rings. The first-order valence-corrected chi connectivity index (χ1v) is 4.73. The molecule has 15 heavy (non-hydrogen) atoms. The molecule has 80 valence electrons. The van der Waals surface area contributed by atoms with E-state index in [0.29, 0.717) is 24.3 Å². The summed E-state index contributed by atoms with van der Waals surface area (Å²) in [6, 6.07) is 2.75. The molecule has 0 aliphatic carbocycles. The van der Waals surface area contributed by atoms with Crippen LogP contribution in [0.4, 0.5) is 10.5 Å². The maximum absolute atomic E-state index is 11.5. The Kier molecular flexibility index (Phi) is 2.15. The first-order valence-electron chi connectivity index (χ1n) is 4.73. The predicted octanol–water partition coefficient (Wildman–Crippen LogP) is 1.47. The summed E-state index contributed by atoms with van der Waals surface area (Å²) in [4.78, 5) is 13.0. The van der Waals surface area contributed by atoms with Gasteiger partial charge in [-0.05, 0) is 19.1 Å². The van der Waals surface area contributed by atoms with Crippen LogP contribution in [0.5, 0.6) is 11.5 Å². The van der Waals surface area contributed by atoms with Crippen molar-refractivity contribution in [2.75, 3.05) is 11.9 Å². The molecule has 1 aromatic rings. The Labute approximate surface area is 86.9 Å². The second-order valence-corrected chi connectivity index (χ2v) is 3.40. The highest BCUT2D eigenvalue weighted by atomic mass is 16.3. The zero-order valence-corrected chi connectivity index (χ0v) is 8.32. The van der Waals surface area contributed by atoms with Gasteiger partial charge in [0.05, 0.1) is 12.2 Å². The van der Waals surface area contributed by atoms with Crippen LogP contribution < -0.4 is 5.32 Å². The van der Waals surface area contributed by atoms with E-state index in [2.05, 4.69) is 5.32 Å². The lowest BCUT2D eigenvalue weighted by atomic mass is 10.1. The Balaban J connectivity index is 2.46. The first kappa shape index (κ1) is 9.64. The quantitative estimate of drug-likeness (QED) is 0.483. The third-order valence-electron chi connectivity index (χ3n) is 2.52. The molecule has 2 amide bonds. The average Bonchev–Trinajstić information content (AvgIpc) is 2.23. The zero-order valence-electron chi connectivity index (χ0n) is 8.32. The molecule has 1 heterocycles. The molecule has 2 rings (SSSR count). The van der Waals surface area contributed by atoms with Crippen LogP contribution in [0.15, 0.2) is 12.1 Å². The maximum atomic E-state index is 11.5. The number of nitrogens with one attached hydrogen (secondary N) is 1. The van der Waals surface area contributed by atoms with E-state index < -0.39 is 0 Å². The summed E-state index contributed by atoms with van der Waals surface area (Å²) in [6.07, 6.45) is 0. The smallest absolute Gasteiger partial charge is 0.322 e. The molecular formula is C10H12N2O3. The molecule has 0 saturated carbocycles. The second kappa shape index (κ2) is 3.34. The molecule has 0 aromatic heterocycles. The lowest BCUT2D eigenvalue weighted by molar-refractivity contribution is 0.209. The van der Waals surface area contributed by atoms with Gasteiger partial charge in [-0.2, -0.15) is 0 Å². The van der Waals surface area contributed by atoms with Gasteiger partial charge in [0.2, 0.25) is 0 Å². The Bertz CT molecular complexity index is 417. The number of carbonyl (C=O) groups excluding carboxylic acids is 1. The number of phenols is 2. The molecular weight excluding hydrogens is 196 g/mol. The third kappa shape index (κ3) is 1.45. The SMILES string of the molecule is CCN1Cc2c(ccc(O)c2O)NC1=O. The molecule has 0 unspecified atom stereocenters. The molecule has 0 radical (unpaired) electrons. The van der Waals surface area contributed by atoms with Crippen LogP contribution in [0.1, 0.15) is 12.5 Å². The molecule has 5 nitrogen and oxygen atoms in total. The summed E-state index contributed by atoms with van der Waals surface area (Å²) in [5, 5.41) is 21.6. The van der Waals surface area contributed by atoms with Gasteiger partial charge in [-0.15, -0.1) is 0 Å². The van der Waals surface area contributed by atoms with E-state index in [1.54, 1.807) is 11.0 Å². The number of phenolic OH excluding ortho intramolecular Hbond substituents is 2. The molecule has 0 saturated heterocycles. The number of benzene rings is 1. The first-order chi connectivity index (χ1) is 7.13. The van der Waals surface area contributed by atoms with Crippen molar-refractivity contribution >= 4 is 11.7 Å². The standard InChI is InChI=1S/C10H12N2O3/c1-2-12-5-6-7(11-10(12)15)3-4-8(13)9(6)14/h3-4,13-14H,2,5H2,1H3,(H,11,15). The Morgan fingerprint density at radius 2 is 2.20 bits per heavy atom. The van der Waals surface area contributed by atoms with Crippen molar-refractivity contribution in [3.8, 4) is 11.5 Å². The van der Waals surface area contributed by atoms with Crippen molar-refractivity contribution < 1.29 is 15.0 Å². The van der Waals surface area contributed by atoms with Crippen LogP contribution in [-0.4, -0.2) is 27.7 Å². The van der Waals surface area contributed by atoms with Crippen LogP contribution in [0.2, 0.25) is 0 Å². The highest BCUT2D eigenvalue weighted by Gasteiger charge is 2.24. The fraction of sp³-hybridized carbons (Fsp3) is 0.300. The van der Waals surface area contributed by atoms with Crippen molar-refractivity contribution in [2.24, 2.45) is 0 Å². The molecule has 1 aliphatic heterocycles. The van der Waals surface area contributed by atoms with Gasteiger partial charge in [0.15, 0.2) is 11.5 Å². The van der Waals surface area contributed by atoms with Gasteiger partial charge in [0.25, 0.3) is 0 Å². The van der Waals surface area contributed by atoms with Gasteiger partial charge >= 0.3 is 6.03 Å². The Morgan fingerprint density at radius 1 is 1.47 bits per heavy atom. The number of aromatic hydroxyl groups is 2. The number of hydrogen-bond donors (Lipinski definition) is 3. The molecule has 0 atom stereocenters. The van der Waals surface area contributed by atoms with Gasteiger partial charge in [-0.1, -0.05) is 0 Å². The molecule has 0 bridgehead atoms. The van der Waals surface area contributed by atoms with Crippen LogP contribution >= 0.6 is 0 Å². The molecule has 1 aliphatic rings. The van der Waals surface area contributed by atoms with Gasteiger partial charge in [0.1, 0.15) is 0 Å². The average molecular weight is 208 g/mol. The Morgan fingerprint density at radius 3 is 2.87 bits per heavy atom. The molecule has 1 aromatic carbocycles. The topological polar surface area (TPSA) is 72.8 Å². The second-order valence-electron chi connectivity index (χ2n) is 3.40. The normalized spacial score (nSPS) is 14.7. The van der Waals surface area contributed by atoms with Crippen LogP contribution in [0.25, 0.3) is 0 Å². The zero-order chi connectivity index (χ0) is 11.0. The van der Waals surface area contributed by atoms with Gasteiger partial charge < -0.3 is 20.4 Å². The fourth-order valence-corrected chi connectivity index (χ4v) is 1.61. The summed E-state index contributed by atoms with van der Waals surface area (Å²) < 4.78 is 0. The van der Waals surface area contributed by atoms with Gasteiger partial charge in [0, 0.05) is 12.1 Å². The number of carbonyl (C=O) groups is 1. The van der Waals surface area contributed by atoms with E-state index in [-0.39, 0.29) is 17.5 Å². The minimum Gasteiger partial charge on any atom is -0.504 e. The van der Waals surface area contributed by atoms with E-state index >= 15 is 0 Å². The van der Waals surface area contributed by atoms with Crippen molar-refractivity contribution in [2.45, 2.75) is 13.5 Å². The summed E-state index contributed by atoms with van der Waals surface area (Å²) in [5.41, 5.74) is 1.11. The monoisotopic (exact) mass is 208 g/mol. The van der Waals surface area contributed by atoms with Crippen molar-refractivity contribution in [1.29, 1.82) is 0 Å². The lowest BCUT2D eigenvalue weighted by Gasteiger charge is -2.28. The number of anilines is 1. The van der Waals surface area contributed by atoms with Crippen molar-refractivity contribution in [3.63, 3.8) is 0 Å². The maximum Gasteiger partial charge on any atom is 0.322 e. The number of hydrogen-bond acceptors (Lipinski definition) is 3. The summed E-state index contributed by atoms with van der Waals surface area (Å²) in [7, 11) is 0. The van der Waals surface area contributed by atoms with E-state index in [9.17, 15) is 15.0 Å². The lowest BCUT2D eigenvalue weighted by Crippen LogP contribution is -2.38. The largest absolute Gasteiger partial charge is 0.504 e.